The number of hydrogen-bond acceptors (Lipinski definition) is 9. The zero-order chi connectivity index (χ0) is 28.7. The highest BCUT2D eigenvalue weighted by molar-refractivity contribution is 5.89. The van der Waals surface area contributed by atoms with E-state index >= 15 is 0 Å². The van der Waals surface area contributed by atoms with Gasteiger partial charge < -0.3 is 19.0 Å². The third kappa shape index (κ3) is 6.52. The van der Waals surface area contributed by atoms with E-state index < -0.39 is 102 Å². The van der Waals surface area contributed by atoms with Crippen LogP contribution in [0.25, 0.3) is 11.6 Å². The van der Waals surface area contributed by atoms with E-state index in [2.05, 4.69) is 15.2 Å². The van der Waals surface area contributed by atoms with E-state index in [1.807, 2.05) is 5.32 Å². The van der Waals surface area contributed by atoms with Crippen LogP contribution in [-0.2, 0) is 21.3 Å². The maximum atomic E-state index is 13.9. The normalized spacial score (nSPS) is 21.3. The van der Waals surface area contributed by atoms with Crippen LogP contribution in [0.5, 0.6) is 5.88 Å². The molecule has 0 saturated carbocycles. The molecule has 38 heavy (non-hydrogen) atoms. The maximum Gasteiger partial charge on any atom is 0.426 e. The van der Waals surface area contributed by atoms with Gasteiger partial charge in [-0.25, -0.2) is 9.78 Å². The van der Waals surface area contributed by atoms with Crippen molar-refractivity contribution in [2.75, 3.05) is 5.32 Å². The summed E-state index contributed by atoms with van der Waals surface area (Å²) in [5.41, 5.74) is -7.61. The van der Waals surface area contributed by atoms with Gasteiger partial charge in [-0.2, -0.15) is 26.3 Å². The Bertz CT molecular complexity index is 1210. The first-order valence-electron chi connectivity index (χ1n) is 11.2. The Labute approximate surface area is 211 Å². The van der Waals surface area contributed by atoms with E-state index in [1.165, 1.54) is 27.7 Å². The lowest BCUT2D eigenvalue weighted by Crippen LogP contribution is -2.42. The predicted molar refractivity (Wildman–Crippen MR) is 116 cm³/mol. The van der Waals surface area contributed by atoms with E-state index in [1.54, 1.807) is 0 Å². The number of amides is 1. The van der Waals surface area contributed by atoms with Gasteiger partial charge in [-0.3, -0.25) is 10.1 Å². The summed E-state index contributed by atoms with van der Waals surface area (Å²) < 4.78 is 98.6. The van der Waals surface area contributed by atoms with Gasteiger partial charge in [-0.15, -0.1) is 10.2 Å². The molecule has 0 aliphatic carbocycles. The Morgan fingerprint density at radius 2 is 1.84 bits per heavy atom. The molecule has 4 bridgehead atoms. The molecule has 1 aliphatic rings. The molecule has 210 valence electrons. The highest BCUT2D eigenvalue weighted by Gasteiger charge is 2.58. The summed E-state index contributed by atoms with van der Waals surface area (Å²) in [7, 11) is 0. The minimum atomic E-state index is -5.32. The van der Waals surface area contributed by atoms with Gasteiger partial charge >= 0.3 is 18.4 Å². The molecule has 10 nitrogen and oxygen atoms in total. The highest BCUT2D eigenvalue weighted by atomic mass is 19.4. The highest BCUT2D eigenvalue weighted by Crippen LogP contribution is 2.45. The van der Waals surface area contributed by atoms with Gasteiger partial charge in [0.05, 0.1) is 5.69 Å². The van der Waals surface area contributed by atoms with Crippen LogP contribution in [-0.4, -0.2) is 50.0 Å². The van der Waals surface area contributed by atoms with E-state index in [-0.39, 0.29) is 0 Å². The number of Topliss-reactive ketones (excluding diaryl/α,β-unsaturated/α-hetero) is 1. The number of anilines is 1. The van der Waals surface area contributed by atoms with Crippen LogP contribution in [0.15, 0.2) is 10.5 Å². The molecule has 1 aliphatic heterocycles. The van der Waals surface area contributed by atoms with Crippen molar-refractivity contribution in [1.82, 2.24) is 15.2 Å². The number of nitrogens with one attached hydrogen (secondary N) is 1. The Hall–Kier alpha value is -3.43. The topological polar surface area (TPSA) is 137 Å². The van der Waals surface area contributed by atoms with Crippen molar-refractivity contribution < 1.29 is 54.9 Å². The molecule has 16 heteroatoms. The number of nitrogens with zero attached hydrogens (tertiary/aromatic N) is 3. The Morgan fingerprint density at radius 1 is 1.18 bits per heavy atom. The van der Waals surface area contributed by atoms with Crippen molar-refractivity contribution in [3.05, 3.63) is 17.5 Å². The molecule has 0 spiro atoms. The number of halogens is 6. The lowest BCUT2D eigenvalue weighted by Gasteiger charge is -2.27. The molecule has 3 rings (SSSR count). The second kappa shape index (κ2) is 10.0. The van der Waals surface area contributed by atoms with Crippen LogP contribution >= 0.6 is 0 Å². The molecule has 0 fully saturated rings. The third-order valence-electron chi connectivity index (χ3n) is 5.20. The fourth-order valence-electron chi connectivity index (χ4n) is 3.51. The molecule has 3 heterocycles. The number of ether oxygens (including phenoxy) is 2. The van der Waals surface area contributed by atoms with E-state index in [4.69, 9.17) is 13.9 Å². The van der Waals surface area contributed by atoms with Crippen LogP contribution < -0.4 is 10.1 Å². The largest absolute Gasteiger partial charge is 0.474 e. The number of pyridine rings is 1. The molecular formula is C22H24F6N4O6. The first-order valence-corrected chi connectivity index (χ1v) is 11.2. The van der Waals surface area contributed by atoms with Gasteiger partial charge in [0, 0.05) is 12.8 Å². The molecule has 1 amide bonds. The van der Waals surface area contributed by atoms with E-state index in [0.29, 0.717) is 6.07 Å². The molecule has 0 aromatic carbocycles. The molecule has 2 atom stereocenters. The van der Waals surface area contributed by atoms with Crippen molar-refractivity contribution in [3.8, 4) is 17.5 Å². The number of carbonyl (C=O) groups excluding carboxylic acids is 2. The van der Waals surface area contributed by atoms with Crippen molar-refractivity contribution >= 4 is 17.6 Å². The second-order valence-corrected chi connectivity index (χ2v) is 9.66. The number of ketones is 1. The molecule has 2 aromatic rings. The summed E-state index contributed by atoms with van der Waals surface area (Å²) in [5, 5.41) is 19.2. The number of hydrogen-bond donors (Lipinski definition) is 2. The van der Waals surface area contributed by atoms with Gasteiger partial charge in [0.15, 0.2) is 5.69 Å². The average Bonchev–Trinajstić information content (AvgIpc) is 3.21. The van der Waals surface area contributed by atoms with Crippen molar-refractivity contribution in [2.45, 2.75) is 83.0 Å². The van der Waals surface area contributed by atoms with Crippen LogP contribution in [0.4, 0.5) is 36.8 Å². The van der Waals surface area contributed by atoms with Gasteiger partial charge in [-0.05, 0) is 46.6 Å². The van der Waals surface area contributed by atoms with Gasteiger partial charge in [0.25, 0.3) is 11.8 Å². The summed E-state index contributed by atoms with van der Waals surface area (Å²) in [6.07, 6.45) is -15.1. The maximum absolute atomic E-state index is 13.9. The fraction of sp³-hybridized carbons (Fsp3) is 0.591. The van der Waals surface area contributed by atoms with Gasteiger partial charge in [0.1, 0.15) is 23.1 Å². The Morgan fingerprint density at radius 3 is 2.42 bits per heavy atom. The first kappa shape index (κ1) is 29.1. The monoisotopic (exact) mass is 554 g/mol. The summed E-state index contributed by atoms with van der Waals surface area (Å²) in [4.78, 5) is 28.3. The average molecular weight is 554 g/mol. The number of aliphatic hydroxyl groups is 1. The molecule has 0 unspecified atom stereocenters. The van der Waals surface area contributed by atoms with E-state index in [9.17, 15) is 41.0 Å². The number of alkyl halides is 6. The lowest BCUT2D eigenvalue weighted by molar-refractivity contribution is -0.277. The summed E-state index contributed by atoms with van der Waals surface area (Å²) in [6, 6.07) is 0.405. The fourth-order valence-corrected chi connectivity index (χ4v) is 3.51. The molecular weight excluding hydrogens is 530 g/mol. The predicted octanol–water partition coefficient (Wildman–Crippen LogP) is 5.16. The second-order valence-electron chi connectivity index (χ2n) is 9.66. The quantitative estimate of drug-likeness (QED) is 0.458. The van der Waals surface area contributed by atoms with Crippen LogP contribution in [0, 0.1) is 0 Å². The minimum absolute atomic E-state index is 0.405. The lowest BCUT2D eigenvalue weighted by atomic mass is 9.94. The smallest absolute Gasteiger partial charge is 0.426 e. The van der Waals surface area contributed by atoms with Gasteiger partial charge in [0.2, 0.25) is 11.5 Å². The minimum Gasteiger partial charge on any atom is -0.474 e. The first-order chi connectivity index (χ1) is 17.3. The number of fused-ring (bicyclic) bond motifs is 5. The molecule has 2 N–H and O–H groups in total. The SMILES string of the molecule is C[C@@H]1CC(=O)CCC[C@](O)(C(F)(F)F)c2nnc(o2)-c2nc(c(C(F)(F)F)cc2NC(=O)OC(C)(C)C)O1. The number of carbonyl (C=O) groups is 2. The number of aromatic nitrogens is 3. The zero-order valence-corrected chi connectivity index (χ0v) is 20.6. The van der Waals surface area contributed by atoms with Crippen LogP contribution in [0.1, 0.15) is 64.8 Å². The Balaban J connectivity index is 2.25. The summed E-state index contributed by atoms with van der Waals surface area (Å²) in [6.45, 7) is 5.73. The standard InChI is InChI=1S/C22H24F6N4O6/c1-10-8-11(33)6-5-7-20(35,22(26,27)28)17-32-31-16(37-17)14-13(29-18(34)38-19(2,3)4)9-12(21(23,24)25)15(30-14)36-10/h9-10,35H,5-8H2,1-4H3,(H,29,34)/t10-,20-/m1/s1. The van der Waals surface area contributed by atoms with Crippen molar-refractivity contribution in [2.24, 2.45) is 0 Å². The van der Waals surface area contributed by atoms with E-state index in [0.717, 1.165) is 0 Å². The van der Waals surface area contributed by atoms with Crippen molar-refractivity contribution in [3.63, 3.8) is 0 Å². The third-order valence-corrected chi connectivity index (χ3v) is 5.20. The molecule has 2 aromatic heterocycles. The molecule has 0 saturated heterocycles. The van der Waals surface area contributed by atoms with Crippen molar-refractivity contribution in [1.29, 1.82) is 0 Å². The van der Waals surface area contributed by atoms with Crippen LogP contribution in [0.3, 0.4) is 0 Å². The van der Waals surface area contributed by atoms with Crippen LogP contribution in [0.2, 0.25) is 0 Å². The summed E-state index contributed by atoms with van der Waals surface area (Å²) in [5.74, 6) is -3.86. The summed E-state index contributed by atoms with van der Waals surface area (Å²) >= 11 is 0. The zero-order valence-electron chi connectivity index (χ0n) is 20.6. The van der Waals surface area contributed by atoms with Gasteiger partial charge in [-0.1, -0.05) is 0 Å². The Kier molecular flexibility index (Phi) is 7.69. The molecule has 0 radical (unpaired) electrons. The number of rotatable bonds is 1.